The van der Waals surface area contributed by atoms with Crippen LogP contribution in [0.1, 0.15) is 36.0 Å². The zero-order chi connectivity index (χ0) is 14.6. The maximum absolute atomic E-state index is 12.1. The Hall–Kier alpha value is -0.910. The van der Waals surface area contributed by atoms with Crippen molar-refractivity contribution >= 4 is 10.2 Å². The summed E-state index contributed by atoms with van der Waals surface area (Å²) in [6, 6.07) is 6.29. The van der Waals surface area contributed by atoms with Crippen molar-refractivity contribution in [2.45, 2.75) is 39.5 Å². The van der Waals surface area contributed by atoms with Gasteiger partial charge in [-0.1, -0.05) is 30.2 Å². The van der Waals surface area contributed by atoms with Crippen LogP contribution < -0.4 is 4.72 Å². The minimum absolute atomic E-state index is 0.461. The molecule has 2 rings (SSSR count). The maximum Gasteiger partial charge on any atom is 0.279 e. The van der Waals surface area contributed by atoms with E-state index in [1.54, 1.807) is 4.31 Å². The topological polar surface area (TPSA) is 49.4 Å². The van der Waals surface area contributed by atoms with Gasteiger partial charge in [0.25, 0.3) is 10.2 Å². The maximum atomic E-state index is 12.1. The van der Waals surface area contributed by atoms with Crippen LogP contribution in [0.25, 0.3) is 0 Å². The number of aryl methyl sites for hydroxylation is 2. The summed E-state index contributed by atoms with van der Waals surface area (Å²) in [5, 5.41) is 0. The van der Waals surface area contributed by atoms with E-state index in [0.29, 0.717) is 19.6 Å². The fraction of sp³-hybridized carbons (Fsp3) is 0.600. The largest absolute Gasteiger partial charge is 0.279 e. The Labute approximate surface area is 122 Å². The Morgan fingerprint density at radius 2 is 1.85 bits per heavy atom. The number of rotatable bonds is 5. The molecule has 0 saturated carbocycles. The summed E-state index contributed by atoms with van der Waals surface area (Å²) in [6.07, 6.45) is 3.81. The van der Waals surface area contributed by atoms with E-state index in [1.807, 2.05) is 0 Å². The third kappa shape index (κ3) is 4.04. The Bertz CT molecular complexity index is 549. The molecule has 0 bridgehead atoms. The van der Waals surface area contributed by atoms with Gasteiger partial charge in [0.15, 0.2) is 0 Å². The van der Waals surface area contributed by atoms with Crippen molar-refractivity contribution in [3.63, 3.8) is 0 Å². The molecule has 0 radical (unpaired) electrons. The van der Waals surface area contributed by atoms with Gasteiger partial charge in [0, 0.05) is 19.6 Å². The van der Waals surface area contributed by atoms with Gasteiger partial charge >= 0.3 is 0 Å². The molecule has 0 aromatic heterocycles. The summed E-state index contributed by atoms with van der Waals surface area (Å²) in [7, 11) is -3.29. The number of benzene rings is 1. The van der Waals surface area contributed by atoms with Crippen molar-refractivity contribution in [2.24, 2.45) is 0 Å². The van der Waals surface area contributed by atoms with E-state index in [9.17, 15) is 8.42 Å². The van der Waals surface area contributed by atoms with Gasteiger partial charge in [0.05, 0.1) is 0 Å². The van der Waals surface area contributed by atoms with E-state index in [4.69, 9.17) is 0 Å². The van der Waals surface area contributed by atoms with Gasteiger partial charge in [0.1, 0.15) is 0 Å². The third-order valence-electron chi connectivity index (χ3n) is 3.83. The first-order valence-corrected chi connectivity index (χ1v) is 8.74. The van der Waals surface area contributed by atoms with Crippen molar-refractivity contribution in [1.82, 2.24) is 9.03 Å². The quantitative estimate of drug-likeness (QED) is 0.905. The number of hydrogen-bond donors (Lipinski definition) is 1. The molecule has 1 aliphatic heterocycles. The number of piperidine rings is 1. The molecule has 1 heterocycles. The van der Waals surface area contributed by atoms with Crippen LogP contribution in [0, 0.1) is 13.8 Å². The molecule has 5 heteroatoms. The lowest BCUT2D eigenvalue weighted by molar-refractivity contribution is 0.342. The van der Waals surface area contributed by atoms with Gasteiger partial charge in [-0.25, -0.2) is 4.72 Å². The van der Waals surface area contributed by atoms with Crippen LogP contribution in [0.15, 0.2) is 18.2 Å². The Morgan fingerprint density at radius 3 is 2.50 bits per heavy atom. The van der Waals surface area contributed by atoms with E-state index < -0.39 is 10.2 Å². The highest BCUT2D eigenvalue weighted by Gasteiger charge is 2.22. The monoisotopic (exact) mass is 296 g/mol. The smallest absolute Gasteiger partial charge is 0.202 e. The van der Waals surface area contributed by atoms with E-state index >= 15 is 0 Å². The molecule has 20 heavy (non-hydrogen) atoms. The number of nitrogens with zero attached hydrogens (tertiary/aromatic N) is 1. The summed E-state index contributed by atoms with van der Waals surface area (Å²) in [5.41, 5.74) is 3.67. The van der Waals surface area contributed by atoms with Crippen LogP contribution >= 0.6 is 0 Å². The molecule has 1 aromatic carbocycles. The molecular formula is C15H24N2O2S. The Morgan fingerprint density at radius 1 is 1.15 bits per heavy atom. The molecule has 0 aliphatic carbocycles. The lowest BCUT2D eigenvalue weighted by atomic mass is 10.0. The van der Waals surface area contributed by atoms with Crippen LogP contribution in [-0.2, 0) is 16.6 Å². The molecule has 1 fully saturated rings. The van der Waals surface area contributed by atoms with Crippen LogP contribution in [-0.4, -0.2) is 32.4 Å². The van der Waals surface area contributed by atoms with Crippen molar-refractivity contribution in [3.8, 4) is 0 Å². The molecule has 1 aromatic rings. The first kappa shape index (κ1) is 15.5. The van der Waals surface area contributed by atoms with Crippen molar-refractivity contribution < 1.29 is 8.42 Å². The lowest BCUT2D eigenvalue weighted by Crippen LogP contribution is -2.44. The highest BCUT2D eigenvalue weighted by molar-refractivity contribution is 7.87. The predicted molar refractivity (Wildman–Crippen MR) is 82.0 cm³/mol. The zero-order valence-electron chi connectivity index (χ0n) is 12.4. The first-order valence-electron chi connectivity index (χ1n) is 7.30. The SMILES string of the molecule is Cc1ccc(CCNS(=O)(=O)N2CCCCC2)c(C)c1. The molecule has 4 nitrogen and oxygen atoms in total. The number of nitrogens with one attached hydrogen (secondary N) is 1. The van der Waals surface area contributed by atoms with Gasteiger partial charge in [0.2, 0.25) is 0 Å². The molecule has 1 aliphatic rings. The van der Waals surface area contributed by atoms with E-state index in [0.717, 1.165) is 25.7 Å². The highest BCUT2D eigenvalue weighted by atomic mass is 32.2. The van der Waals surface area contributed by atoms with Gasteiger partial charge < -0.3 is 0 Å². The Kier molecular flexibility index (Phi) is 5.18. The van der Waals surface area contributed by atoms with Crippen molar-refractivity contribution in [1.29, 1.82) is 0 Å². The molecule has 112 valence electrons. The molecule has 0 atom stereocenters. The van der Waals surface area contributed by atoms with E-state index in [2.05, 4.69) is 36.8 Å². The molecule has 1 saturated heterocycles. The minimum Gasteiger partial charge on any atom is -0.202 e. The summed E-state index contributed by atoms with van der Waals surface area (Å²) in [5.74, 6) is 0. The second kappa shape index (κ2) is 6.70. The molecular weight excluding hydrogens is 272 g/mol. The standard InChI is InChI=1S/C15H24N2O2S/c1-13-6-7-15(14(2)12-13)8-9-16-20(18,19)17-10-4-3-5-11-17/h6-7,12,16H,3-5,8-11H2,1-2H3. The fourth-order valence-electron chi connectivity index (χ4n) is 2.64. The molecule has 0 amide bonds. The second-order valence-corrected chi connectivity index (χ2v) is 7.29. The fourth-order valence-corrected chi connectivity index (χ4v) is 3.92. The van der Waals surface area contributed by atoms with Gasteiger partial charge in [-0.05, 0) is 44.2 Å². The normalized spacial score (nSPS) is 17.3. The average molecular weight is 296 g/mol. The van der Waals surface area contributed by atoms with Crippen LogP contribution in [0.4, 0.5) is 0 Å². The molecule has 0 spiro atoms. The number of hydrogen-bond acceptors (Lipinski definition) is 2. The highest BCUT2D eigenvalue weighted by Crippen LogP contribution is 2.13. The van der Waals surface area contributed by atoms with Crippen LogP contribution in [0.5, 0.6) is 0 Å². The first-order chi connectivity index (χ1) is 9.49. The minimum atomic E-state index is -3.29. The Balaban J connectivity index is 1.88. The van der Waals surface area contributed by atoms with E-state index in [-0.39, 0.29) is 0 Å². The lowest BCUT2D eigenvalue weighted by Gasteiger charge is -2.25. The summed E-state index contributed by atoms with van der Waals surface area (Å²) >= 11 is 0. The summed E-state index contributed by atoms with van der Waals surface area (Å²) in [4.78, 5) is 0. The molecule has 1 N–H and O–H groups in total. The molecule has 0 unspecified atom stereocenters. The van der Waals surface area contributed by atoms with Crippen LogP contribution in [0.3, 0.4) is 0 Å². The summed E-state index contributed by atoms with van der Waals surface area (Å²) in [6.45, 7) is 5.90. The van der Waals surface area contributed by atoms with Gasteiger partial charge in [-0.3, -0.25) is 0 Å². The van der Waals surface area contributed by atoms with Gasteiger partial charge in [-0.15, -0.1) is 0 Å². The van der Waals surface area contributed by atoms with Gasteiger partial charge in [-0.2, -0.15) is 12.7 Å². The predicted octanol–water partition coefficient (Wildman–Crippen LogP) is 2.17. The van der Waals surface area contributed by atoms with Crippen molar-refractivity contribution in [2.75, 3.05) is 19.6 Å². The zero-order valence-corrected chi connectivity index (χ0v) is 13.2. The second-order valence-electron chi connectivity index (χ2n) is 5.54. The average Bonchev–Trinajstić information content (AvgIpc) is 2.42. The van der Waals surface area contributed by atoms with Crippen LogP contribution in [0.2, 0.25) is 0 Å². The van der Waals surface area contributed by atoms with Crippen molar-refractivity contribution in [3.05, 3.63) is 34.9 Å². The third-order valence-corrected chi connectivity index (χ3v) is 5.45. The summed E-state index contributed by atoms with van der Waals surface area (Å²) < 4.78 is 28.5. The van der Waals surface area contributed by atoms with E-state index in [1.165, 1.54) is 16.7 Å².